The molecule has 0 spiro atoms. The van der Waals surface area contributed by atoms with Gasteiger partial charge in [0.2, 0.25) is 0 Å². The molecule has 0 bridgehead atoms. The number of aryl methyl sites for hydroxylation is 2. The van der Waals surface area contributed by atoms with Crippen LogP contribution in [0, 0.1) is 13.8 Å². The Kier molecular flexibility index (Phi) is 4.26. The molecule has 17 heavy (non-hydrogen) atoms. The Morgan fingerprint density at radius 1 is 1.24 bits per heavy atom. The molecule has 1 aromatic rings. The lowest BCUT2D eigenvalue weighted by Crippen LogP contribution is -2.33. The lowest BCUT2D eigenvalue weighted by Gasteiger charge is -2.18. The number of nitrogens with zero attached hydrogens (tertiary/aromatic N) is 1. The van der Waals surface area contributed by atoms with E-state index in [4.69, 9.17) is 0 Å². The number of methoxy groups -OCH3 is 1. The van der Waals surface area contributed by atoms with Crippen molar-refractivity contribution in [2.75, 3.05) is 20.7 Å². The fourth-order valence-corrected chi connectivity index (χ4v) is 1.67. The van der Waals surface area contributed by atoms with Gasteiger partial charge in [-0.2, -0.15) is 0 Å². The van der Waals surface area contributed by atoms with Gasteiger partial charge in [-0.15, -0.1) is 0 Å². The lowest BCUT2D eigenvalue weighted by atomic mass is 10.0. The number of hydrogen-bond donors (Lipinski definition) is 0. The molecule has 0 saturated carbocycles. The van der Waals surface area contributed by atoms with Crippen LogP contribution in [0.3, 0.4) is 0 Å². The Morgan fingerprint density at radius 2 is 1.76 bits per heavy atom. The SMILES string of the molecule is COC(=O)CN(C)C(=O)c1c(C)cccc1C. The first-order valence-corrected chi connectivity index (χ1v) is 5.36. The molecule has 0 aliphatic rings. The number of amides is 1. The second-order valence-electron chi connectivity index (χ2n) is 4.00. The zero-order valence-corrected chi connectivity index (χ0v) is 10.6. The minimum Gasteiger partial charge on any atom is -0.468 e. The van der Waals surface area contributed by atoms with Gasteiger partial charge in [0.1, 0.15) is 6.54 Å². The first-order chi connectivity index (χ1) is 7.97. The minimum absolute atomic E-state index is 0.0386. The van der Waals surface area contributed by atoms with E-state index in [0.717, 1.165) is 11.1 Å². The molecular formula is C13H17NO3. The third-order valence-corrected chi connectivity index (χ3v) is 2.64. The van der Waals surface area contributed by atoms with E-state index in [-0.39, 0.29) is 12.5 Å². The summed E-state index contributed by atoms with van der Waals surface area (Å²) in [6.07, 6.45) is 0. The molecule has 0 aliphatic carbocycles. The van der Waals surface area contributed by atoms with Gasteiger partial charge < -0.3 is 9.64 Å². The van der Waals surface area contributed by atoms with Gasteiger partial charge in [0.15, 0.2) is 0 Å². The summed E-state index contributed by atoms with van der Waals surface area (Å²) in [4.78, 5) is 24.6. The van der Waals surface area contributed by atoms with E-state index in [1.165, 1.54) is 12.0 Å². The molecule has 0 aromatic heterocycles. The highest BCUT2D eigenvalue weighted by molar-refractivity contribution is 5.98. The van der Waals surface area contributed by atoms with Crippen LogP contribution in [0.1, 0.15) is 21.5 Å². The Bertz CT molecular complexity index is 420. The van der Waals surface area contributed by atoms with E-state index in [2.05, 4.69) is 4.74 Å². The highest BCUT2D eigenvalue weighted by atomic mass is 16.5. The van der Waals surface area contributed by atoms with Crippen molar-refractivity contribution in [1.29, 1.82) is 0 Å². The molecule has 0 fully saturated rings. The van der Waals surface area contributed by atoms with E-state index in [9.17, 15) is 9.59 Å². The van der Waals surface area contributed by atoms with Crippen molar-refractivity contribution in [2.45, 2.75) is 13.8 Å². The molecule has 0 aliphatic heterocycles. The summed E-state index contributed by atoms with van der Waals surface area (Å²) in [5.74, 6) is -0.585. The summed E-state index contributed by atoms with van der Waals surface area (Å²) in [5, 5.41) is 0. The first kappa shape index (κ1) is 13.2. The monoisotopic (exact) mass is 235 g/mol. The van der Waals surface area contributed by atoms with Crippen LogP contribution in [-0.4, -0.2) is 37.5 Å². The van der Waals surface area contributed by atoms with Crippen LogP contribution in [0.5, 0.6) is 0 Å². The highest BCUT2D eigenvalue weighted by Crippen LogP contribution is 2.15. The van der Waals surface area contributed by atoms with Crippen molar-refractivity contribution in [1.82, 2.24) is 4.90 Å². The maximum Gasteiger partial charge on any atom is 0.325 e. The fraction of sp³-hybridized carbons (Fsp3) is 0.385. The Morgan fingerprint density at radius 3 is 2.24 bits per heavy atom. The van der Waals surface area contributed by atoms with Gasteiger partial charge >= 0.3 is 5.97 Å². The van der Waals surface area contributed by atoms with Gasteiger partial charge in [0, 0.05) is 12.6 Å². The lowest BCUT2D eigenvalue weighted by molar-refractivity contribution is -0.141. The molecule has 0 saturated heterocycles. The van der Waals surface area contributed by atoms with Crippen LogP contribution in [0.2, 0.25) is 0 Å². The largest absolute Gasteiger partial charge is 0.468 e. The standard InChI is InChI=1S/C13H17NO3/c1-9-6-5-7-10(2)12(9)13(16)14(3)8-11(15)17-4/h5-7H,8H2,1-4H3. The molecule has 4 nitrogen and oxygen atoms in total. The molecule has 0 N–H and O–H groups in total. The Balaban J connectivity index is 2.93. The van der Waals surface area contributed by atoms with Crippen LogP contribution in [-0.2, 0) is 9.53 Å². The zero-order valence-electron chi connectivity index (χ0n) is 10.6. The average molecular weight is 235 g/mol. The molecule has 0 heterocycles. The Hall–Kier alpha value is -1.84. The maximum absolute atomic E-state index is 12.2. The second kappa shape index (κ2) is 5.48. The highest BCUT2D eigenvalue weighted by Gasteiger charge is 2.18. The normalized spacial score (nSPS) is 9.88. The molecule has 4 heteroatoms. The van der Waals surface area contributed by atoms with Crippen LogP contribution in [0.15, 0.2) is 18.2 Å². The molecule has 1 aromatic carbocycles. The topological polar surface area (TPSA) is 46.6 Å². The smallest absolute Gasteiger partial charge is 0.325 e. The zero-order chi connectivity index (χ0) is 13.0. The Labute approximate surface area is 101 Å². The van der Waals surface area contributed by atoms with Gasteiger partial charge in [-0.25, -0.2) is 0 Å². The summed E-state index contributed by atoms with van der Waals surface area (Å²) in [6.45, 7) is 3.72. The predicted molar refractivity (Wildman–Crippen MR) is 64.9 cm³/mol. The van der Waals surface area contributed by atoms with Crippen molar-refractivity contribution in [3.05, 3.63) is 34.9 Å². The van der Waals surface area contributed by atoms with E-state index >= 15 is 0 Å². The van der Waals surface area contributed by atoms with Gasteiger partial charge in [0.05, 0.1) is 7.11 Å². The number of hydrogen-bond acceptors (Lipinski definition) is 3. The number of rotatable bonds is 3. The van der Waals surface area contributed by atoms with E-state index in [1.807, 2.05) is 32.0 Å². The number of likely N-dealkylation sites (N-methyl/N-ethyl adjacent to an activating group) is 1. The molecular weight excluding hydrogens is 218 g/mol. The molecule has 0 unspecified atom stereocenters. The number of benzene rings is 1. The molecule has 1 rings (SSSR count). The summed E-state index contributed by atoms with van der Waals surface area (Å²) >= 11 is 0. The first-order valence-electron chi connectivity index (χ1n) is 5.36. The summed E-state index contributed by atoms with van der Waals surface area (Å²) in [7, 11) is 2.89. The van der Waals surface area contributed by atoms with E-state index in [1.54, 1.807) is 7.05 Å². The number of carbonyl (C=O) groups excluding carboxylic acids is 2. The van der Waals surface area contributed by atoms with Crippen LogP contribution < -0.4 is 0 Å². The third kappa shape index (κ3) is 3.06. The summed E-state index contributed by atoms with van der Waals surface area (Å²) in [5.41, 5.74) is 2.47. The quantitative estimate of drug-likeness (QED) is 0.747. The summed E-state index contributed by atoms with van der Waals surface area (Å²) in [6, 6.07) is 5.67. The predicted octanol–water partition coefficient (Wildman–Crippen LogP) is 1.55. The average Bonchev–Trinajstić information content (AvgIpc) is 2.28. The molecule has 0 radical (unpaired) electrons. The van der Waals surface area contributed by atoms with Crippen molar-refractivity contribution >= 4 is 11.9 Å². The van der Waals surface area contributed by atoms with Crippen molar-refractivity contribution < 1.29 is 14.3 Å². The van der Waals surface area contributed by atoms with Crippen molar-refractivity contribution in [3.63, 3.8) is 0 Å². The second-order valence-corrected chi connectivity index (χ2v) is 4.00. The fourth-order valence-electron chi connectivity index (χ4n) is 1.67. The number of esters is 1. The minimum atomic E-state index is -0.424. The number of carbonyl (C=O) groups is 2. The summed E-state index contributed by atoms with van der Waals surface area (Å²) < 4.78 is 4.53. The molecule has 0 atom stereocenters. The molecule has 92 valence electrons. The van der Waals surface area contributed by atoms with Crippen LogP contribution >= 0.6 is 0 Å². The van der Waals surface area contributed by atoms with Gasteiger partial charge in [-0.1, -0.05) is 18.2 Å². The van der Waals surface area contributed by atoms with Gasteiger partial charge in [-0.3, -0.25) is 9.59 Å². The maximum atomic E-state index is 12.2. The molecule has 1 amide bonds. The van der Waals surface area contributed by atoms with Gasteiger partial charge in [-0.05, 0) is 25.0 Å². The third-order valence-electron chi connectivity index (χ3n) is 2.64. The van der Waals surface area contributed by atoms with Gasteiger partial charge in [0.25, 0.3) is 5.91 Å². The van der Waals surface area contributed by atoms with E-state index in [0.29, 0.717) is 5.56 Å². The van der Waals surface area contributed by atoms with E-state index < -0.39 is 5.97 Å². The van der Waals surface area contributed by atoms with Crippen LogP contribution in [0.25, 0.3) is 0 Å². The van der Waals surface area contributed by atoms with Crippen molar-refractivity contribution in [2.24, 2.45) is 0 Å². The van der Waals surface area contributed by atoms with Crippen molar-refractivity contribution in [3.8, 4) is 0 Å². The van der Waals surface area contributed by atoms with Crippen LogP contribution in [0.4, 0.5) is 0 Å². The number of ether oxygens (including phenoxy) is 1.